The molecule has 2 N–H and O–H groups in total. The maximum Gasteiger partial charge on any atom is 0.408 e. The molecular weight excluding hydrogens is 478 g/mol. The van der Waals surface area contributed by atoms with Crippen molar-refractivity contribution in [1.29, 1.82) is 0 Å². The third-order valence-corrected chi connectivity index (χ3v) is 6.36. The van der Waals surface area contributed by atoms with Crippen LogP contribution in [-0.2, 0) is 20.7 Å². The highest BCUT2D eigenvalue weighted by atomic mass is 16.6. The normalized spacial score (nSPS) is 13.8. The third-order valence-electron chi connectivity index (χ3n) is 6.36. The highest BCUT2D eigenvalue weighted by Crippen LogP contribution is 2.31. The molecule has 7 heteroatoms. The van der Waals surface area contributed by atoms with E-state index in [9.17, 15) is 14.4 Å². The monoisotopic (exact) mass is 523 g/mol. The number of rotatable bonds is 10. The fraction of sp³-hybridized carbons (Fsp3) is 0.516. The number of amides is 3. The van der Waals surface area contributed by atoms with E-state index in [0.717, 1.165) is 22.3 Å². The standard InChI is InChI=1S/C31H45N3O4/c1-10-23(6)34(27(28(35)32-20(2)3)26-21(4)15-14-16-22(26)5)29(36)25(19-24-17-12-11-13-18-24)33-30(37)38-31(7,8)9/h11-18,20,23,25,27H,10,19H2,1-9H3,(H,32,35)(H,33,37). The van der Waals surface area contributed by atoms with Gasteiger partial charge < -0.3 is 20.3 Å². The number of alkyl carbamates (subject to hydrolysis) is 1. The Bertz CT molecular complexity index is 1070. The third kappa shape index (κ3) is 8.61. The van der Waals surface area contributed by atoms with Gasteiger partial charge in [0.15, 0.2) is 0 Å². The Balaban J connectivity index is 2.64. The molecule has 0 saturated heterocycles. The number of carbonyl (C=O) groups excluding carboxylic acids is 3. The summed E-state index contributed by atoms with van der Waals surface area (Å²) < 4.78 is 5.51. The molecule has 0 aliphatic rings. The van der Waals surface area contributed by atoms with Gasteiger partial charge in [0, 0.05) is 18.5 Å². The van der Waals surface area contributed by atoms with Gasteiger partial charge in [0.1, 0.15) is 17.7 Å². The van der Waals surface area contributed by atoms with Gasteiger partial charge in [0.05, 0.1) is 0 Å². The second-order valence-electron chi connectivity index (χ2n) is 11.3. The first-order chi connectivity index (χ1) is 17.7. The average Bonchev–Trinajstić information content (AvgIpc) is 2.81. The minimum atomic E-state index is -0.931. The van der Waals surface area contributed by atoms with Crippen molar-refractivity contribution in [2.75, 3.05) is 0 Å². The molecular formula is C31H45N3O4. The SMILES string of the molecule is CCC(C)N(C(=O)C(Cc1ccccc1)NC(=O)OC(C)(C)C)C(C(=O)NC(C)C)c1c(C)cccc1C. The molecule has 3 atom stereocenters. The highest BCUT2D eigenvalue weighted by Gasteiger charge is 2.39. The number of nitrogens with one attached hydrogen (secondary N) is 2. The fourth-order valence-corrected chi connectivity index (χ4v) is 4.49. The summed E-state index contributed by atoms with van der Waals surface area (Å²) in [5.74, 6) is -0.581. The van der Waals surface area contributed by atoms with Crippen LogP contribution in [0.15, 0.2) is 48.5 Å². The Morgan fingerprint density at radius 1 is 0.895 bits per heavy atom. The molecule has 2 rings (SSSR count). The first kappa shape index (κ1) is 30.9. The summed E-state index contributed by atoms with van der Waals surface area (Å²) in [6, 6.07) is 13.2. The molecule has 0 aliphatic carbocycles. The van der Waals surface area contributed by atoms with Gasteiger partial charge >= 0.3 is 6.09 Å². The molecule has 0 spiro atoms. The Hall–Kier alpha value is -3.35. The van der Waals surface area contributed by atoms with E-state index in [4.69, 9.17) is 4.74 Å². The van der Waals surface area contributed by atoms with Gasteiger partial charge in [0.25, 0.3) is 0 Å². The maximum atomic E-state index is 14.5. The van der Waals surface area contributed by atoms with Crippen molar-refractivity contribution in [2.24, 2.45) is 0 Å². The van der Waals surface area contributed by atoms with Crippen molar-refractivity contribution < 1.29 is 19.1 Å². The van der Waals surface area contributed by atoms with Crippen LogP contribution in [0, 0.1) is 13.8 Å². The summed E-state index contributed by atoms with van der Waals surface area (Å²) in [5, 5.41) is 5.84. The molecule has 3 amide bonds. The Labute approximate surface area is 228 Å². The summed E-state index contributed by atoms with van der Waals surface area (Å²) >= 11 is 0. The van der Waals surface area contributed by atoms with Gasteiger partial charge in [-0.1, -0.05) is 55.5 Å². The average molecular weight is 524 g/mol. The van der Waals surface area contributed by atoms with Crippen LogP contribution in [0.5, 0.6) is 0 Å². The van der Waals surface area contributed by atoms with Crippen LogP contribution in [0.3, 0.4) is 0 Å². The quantitative estimate of drug-likeness (QED) is 0.422. The van der Waals surface area contributed by atoms with Crippen LogP contribution in [0.25, 0.3) is 0 Å². The van der Waals surface area contributed by atoms with E-state index >= 15 is 0 Å². The summed E-state index contributed by atoms with van der Waals surface area (Å²) in [7, 11) is 0. The van der Waals surface area contributed by atoms with Gasteiger partial charge in [-0.05, 0) is 84.1 Å². The summed E-state index contributed by atoms with van der Waals surface area (Å²) in [6.45, 7) is 17.0. The molecule has 0 radical (unpaired) electrons. The minimum absolute atomic E-state index is 0.108. The van der Waals surface area contributed by atoms with Crippen molar-refractivity contribution in [3.05, 3.63) is 70.8 Å². The Morgan fingerprint density at radius 3 is 1.97 bits per heavy atom. The molecule has 2 aromatic rings. The van der Waals surface area contributed by atoms with E-state index in [-0.39, 0.29) is 30.3 Å². The van der Waals surface area contributed by atoms with Crippen molar-refractivity contribution in [3.8, 4) is 0 Å². The molecule has 2 aromatic carbocycles. The second-order valence-corrected chi connectivity index (χ2v) is 11.3. The molecule has 208 valence electrons. The van der Waals surface area contributed by atoms with Crippen molar-refractivity contribution in [2.45, 2.75) is 105 Å². The number of hydrogen-bond acceptors (Lipinski definition) is 4. The van der Waals surface area contributed by atoms with Gasteiger partial charge in [-0.15, -0.1) is 0 Å². The zero-order valence-corrected chi connectivity index (χ0v) is 24.4. The molecule has 0 fully saturated rings. The molecule has 38 heavy (non-hydrogen) atoms. The van der Waals surface area contributed by atoms with Gasteiger partial charge in [-0.2, -0.15) is 0 Å². The van der Waals surface area contributed by atoms with E-state index in [1.165, 1.54) is 0 Å². The predicted molar refractivity (Wildman–Crippen MR) is 152 cm³/mol. The fourth-order valence-electron chi connectivity index (χ4n) is 4.49. The number of benzene rings is 2. The van der Waals surface area contributed by atoms with Crippen LogP contribution >= 0.6 is 0 Å². The number of nitrogens with zero attached hydrogens (tertiary/aromatic N) is 1. The lowest BCUT2D eigenvalue weighted by Crippen LogP contribution is -2.56. The molecule has 0 heterocycles. The van der Waals surface area contributed by atoms with Gasteiger partial charge in [0.2, 0.25) is 11.8 Å². The van der Waals surface area contributed by atoms with Crippen LogP contribution in [0.1, 0.15) is 83.2 Å². The van der Waals surface area contributed by atoms with E-state index in [1.807, 2.05) is 90.1 Å². The van der Waals surface area contributed by atoms with Crippen LogP contribution in [0.4, 0.5) is 4.79 Å². The van der Waals surface area contributed by atoms with Gasteiger partial charge in [-0.25, -0.2) is 4.79 Å². The Kier molecular flexibility index (Phi) is 10.9. The zero-order valence-electron chi connectivity index (χ0n) is 24.4. The molecule has 0 bridgehead atoms. The van der Waals surface area contributed by atoms with Crippen molar-refractivity contribution in [3.63, 3.8) is 0 Å². The smallest absolute Gasteiger partial charge is 0.408 e. The molecule has 0 aliphatic heterocycles. The van der Waals surface area contributed by atoms with Crippen molar-refractivity contribution in [1.82, 2.24) is 15.5 Å². The van der Waals surface area contributed by atoms with Crippen LogP contribution in [-0.4, -0.2) is 46.5 Å². The number of carbonyl (C=O) groups is 3. The summed E-state index contributed by atoms with van der Waals surface area (Å²) in [5.41, 5.74) is 2.82. The molecule has 3 unspecified atom stereocenters. The predicted octanol–water partition coefficient (Wildman–Crippen LogP) is 5.63. The topological polar surface area (TPSA) is 87.7 Å². The van der Waals surface area contributed by atoms with Crippen molar-refractivity contribution >= 4 is 17.9 Å². The van der Waals surface area contributed by atoms with Gasteiger partial charge in [-0.3, -0.25) is 9.59 Å². The number of aryl methyl sites for hydroxylation is 2. The number of hydrogen-bond donors (Lipinski definition) is 2. The zero-order chi connectivity index (χ0) is 28.6. The van der Waals surface area contributed by atoms with E-state index in [2.05, 4.69) is 10.6 Å². The maximum absolute atomic E-state index is 14.5. The lowest BCUT2D eigenvalue weighted by Gasteiger charge is -2.39. The largest absolute Gasteiger partial charge is 0.444 e. The molecule has 0 saturated carbocycles. The minimum Gasteiger partial charge on any atom is -0.444 e. The lowest BCUT2D eigenvalue weighted by molar-refractivity contribution is -0.145. The second kappa shape index (κ2) is 13.4. The van der Waals surface area contributed by atoms with Crippen LogP contribution in [0.2, 0.25) is 0 Å². The summed E-state index contributed by atoms with van der Waals surface area (Å²) in [4.78, 5) is 42.8. The molecule has 0 aromatic heterocycles. The highest BCUT2D eigenvalue weighted by molar-refractivity contribution is 5.93. The Morgan fingerprint density at radius 2 is 1.47 bits per heavy atom. The van der Waals surface area contributed by atoms with Crippen LogP contribution < -0.4 is 10.6 Å². The first-order valence-corrected chi connectivity index (χ1v) is 13.5. The first-order valence-electron chi connectivity index (χ1n) is 13.5. The van der Waals surface area contributed by atoms with E-state index in [1.54, 1.807) is 25.7 Å². The van der Waals surface area contributed by atoms with E-state index < -0.39 is 23.8 Å². The number of ether oxygens (including phenoxy) is 1. The lowest BCUT2D eigenvalue weighted by atomic mass is 9.91. The molecule has 7 nitrogen and oxygen atoms in total. The van der Waals surface area contributed by atoms with E-state index in [0.29, 0.717) is 6.42 Å². The summed E-state index contributed by atoms with van der Waals surface area (Å²) in [6.07, 6.45) is 0.218.